The first kappa shape index (κ1) is 19.8. The Morgan fingerprint density at radius 3 is 2.04 bits per heavy atom. The zero-order valence-corrected chi connectivity index (χ0v) is 13.6. The Balaban J connectivity index is 2.01. The smallest absolute Gasteiger partial charge is 0.349 e. The van der Waals surface area contributed by atoms with E-state index in [2.05, 4.69) is 5.32 Å². The third-order valence-electron chi connectivity index (χ3n) is 3.73. The van der Waals surface area contributed by atoms with Gasteiger partial charge in [-0.2, -0.15) is 26.3 Å². The molecule has 2 aromatic carbocycles. The molecule has 0 spiro atoms. The maximum absolute atomic E-state index is 12.7. The van der Waals surface area contributed by atoms with Gasteiger partial charge in [-0.15, -0.1) is 0 Å². The van der Waals surface area contributed by atoms with Gasteiger partial charge >= 0.3 is 12.4 Å². The SMILES string of the molecule is CC(NC(=O)Cc1cccc(C(F)(F)F)c1)c1ccc(C(F)(F)F)cc1. The predicted molar refractivity (Wildman–Crippen MR) is 83.1 cm³/mol. The summed E-state index contributed by atoms with van der Waals surface area (Å²) < 4.78 is 75.6. The van der Waals surface area contributed by atoms with Crippen LogP contribution in [-0.2, 0) is 23.6 Å². The lowest BCUT2D eigenvalue weighted by Gasteiger charge is -2.16. The average Bonchev–Trinajstić information content (AvgIpc) is 2.53. The minimum atomic E-state index is -4.50. The monoisotopic (exact) mass is 375 g/mol. The molecule has 0 aliphatic carbocycles. The van der Waals surface area contributed by atoms with E-state index in [1.807, 2.05) is 0 Å². The van der Waals surface area contributed by atoms with Crippen LogP contribution in [0.1, 0.15) is 35.2 Å². The van der Waals surface area contributed by atoms with Gasteiger partial charge in [0.05, 0.1) is 23.6 Å². The molecule has 0 radical (unpaired) electrons. The molecule has 2 nitrogen and oxygen atoms in total. The van der Waals surface area contributed by atoms with E-state index in [9.17, 15) is 31.1 Å². The van der Waals surface area contributed by atoms with E-state index in [0.29, 0.717) is 5.56 Å². The molecule has 0 bridgehead atoms. The fraction of sp³-hybridized carbons (Fsp3) is 0.278. The van der Waals surface area contributed by atoms with Crippen LogP contribution in [0.4, 0.5) is 26.3 Å². The highest BCUT2D eigenvalue weighted by Gasteiger charge is 2.31. The van der Waals surface area contributed by atoms with Crippen LogP contribution >= 0.6 is 0 Å². The highest BCUT2D eigenvalue weighted by atomic mass is 19.4. The van der Waals surface area contributed by atoms with Crippen molar-refractivity contribution < 1.29 is 31.1 Å². The standard InChI is InChI=1S/C18H15F6NO/c1-11(13-5-7-14(8-6-13)17(19,20)21)25-16(26)10-12-3-2-4-15(9-12)18(22,23)24/h2-9,11H,10H2,1H3,(H,25,26). The van der Waals surface area contributed by atoms with Gasteiger partial charge in [0.25, 0.3) is 0 Å². The molecular weight excluding hydrogens is 360 g/mol. The average molecular weight is 375 g/mol. The molecule has 1 unspecified atom stereocenters. The van der Waals surface area contributed by atoms with Gasteiger partial charge in [0.2, 0.25) is 5.91 Å². The molecule has 1 atom stereocenters. The molecule has 0 aromatic heterocycles. The number of rotatable bonds is 4. The van der Waals surface area contributed by atoms with Crippen LogP contribution in [0, 0.1) is 0 Å². The number of benzene rings is 2. The van der Waals surface area contributed by atoms with Crippen molar-refractivity contribution >= 4 is 5.91 Å². The van der Waals surface area contributed by atoms with Crippen LogP contribution in [0.5, 0.6) is 0 Å². The van der Waals surface area contributed by atoms with Crippen molar-refractivity contribution in [3.63, 3.8) is 0 Å². The van der Waals surface area contributed by atoms with E-state index < -0.39 is 35.4 Å². The maximum atomic E-state index is 12.7. The Bertz CT molecular complexity index is 764. The van der Waals surface area contributed by atoms with Gasteiger partial charge in [-0.05, 0) is 36.2 Å². The van der Waals surface area contributed by atoms with Gasteiger partial charge in [-0.3, -0.25) is 4.79 Å². The van der Waals surface area contributed by atoms with E-state index in [1.54, 1.807) is 6.92 Å². The fourth-order valence-electron chi connectivity index (χ4n) is 2.38. The van der Waals surface area contributed by atoms with Gasteiger partial charge in [0.1, 0.15) is 0 Å². The minimum absolute atomic E-state index is 0.192. The van der Waals surface area contributed by atoms with Crippen molar-refractivity contribution in [1.29, 1.82) is 0 Å². The van der Waals surface area contributed by atoms with Crippen LogP contribution in [-0.4, -0.2) is 5.91 Å². The number of carbonyl (C=O) groups excluding carboxylic acids is 1. The van der Waals surface area contributed by atoms with Gasteiger partial charge in [0, 0.05) is 0 Å². The van der Waals surface area contributed by atoms with Gasteiger partial charge in [0.15, 0.2) is 0 Å². The molecule has 8 heteroatoms. The number of amides is 1. The highest BCUT2D eigenvalue weighted by molar-refractivity contribution is 5.79. The lowest BCUT2D eigenvalue weighted by Crippen LogP contribution is -2.28. The van der Waals surface area contributed by atoms with E-state index in [4.69, 9.17) is 0 Å². The minimum Gasteiger partial charge on any atom is -0.349 e. The van der Waals surface area contributed by atoms with Crippen LogP contribution in [0.2, 0.25) is 0 Å². The van der Waals surface area contributed by atoms with E-state index in [1.165, 1.54) is 24.3 Å². The summed E-state index contributed by atoms with van der Waals surface area (Å²) in [7, 11) is 0. The summed E-state index contributed by atoms with van der Waals surface area (Å²) in [6.45, 7) is 1.58. The Hall–Kier alpha value is -2.51. The van der Waals surface area contributed by atoms with Gasteiger partial charge in [-0.1, -0.05) is 30.3 Å². The molecule has 0 heterocycles. The molecule has 1 N–H and O–H groups in total. The number of nitrogens with one attached hydrogen (secondary N) is 1. The van der Waals surface area contributed by atoms with Gasteiger partial charge < -0.3 is 5.32 Å². The van der Waals surface area contributed by atoms with Gasteiger partial charge in [-0.25, -0.2) is 0 Å². The maximum Gasteiger partial charge on any atom is 0.416 e. The summed E-state index contributed by atoms with van der Waals surface area (Å²) in [4.78, 5) is 12.0. The van der Waals surface area contributed by atoms with Crippen LogP contribution in [0.3, 0.4) is 0 Å². The zero-order valence-electron chi connectivity index (χ0n) is 13.6. The summed E-state index contributed by atoms with van der Waals surface area (Å²) in [5, 5.41) is 2.56. The number of hydrogen-bond donors (Lipinski definition) is 1. The Morgan fingerprint density at radius 1 is 0.923 bits per heavy atom. The second kappa shape index (κ2) is 7.39. The summed E-state index contributed by atoms with van der Waals surface area (Å²) in [6.07, 6.45) is -9.22. The van der Waals surface area contributed by atoms with Crippen molar-refractivity contribution in [2.45, 2.75) is 31.7 Å². The summed E-state index contributed by atoms with van der Waals surface area (Å²) in [5.74, 6) is -0.531. The highest BCUT2D eigenvalue weighted by Crippen LogP contribution is 2.30. The molecule has 2 rings (SSSR count). The molecule has 0 saturated carbocycles. The number of hydrogen-bond acceptors (Lipinski definition) is 1. The van der Waals surface area contributed by atoms with Crippen molar-refractivity contribution in [2.75, 3.05) is 0 Å². The lowest BCUT2D eigenvalue weighted by atomic mass is 10.0. The number of halogens is 6. The lowest BCUT2D eigenvalue weighted by molar-refractivity contribution is -0.138. The van der Waals surface area contributed by atoms with Crippen molar-refractivity contribution in [2.24, 2.45) is 0 Å². The summed E-state index contributed by atoms with van der Waals surface area (Å²) >= 11 is 0. The summed E-state index contributed by atoms with van der Waals surface area (Å²) in [5.41, 5.74) is -1.00. The van der Waals surface area contributed by atoms with Crippen LogP contribution in [0.25, 0.3) is 0 Å². The molecule has 0 aliphatic heterocycles. The second-order valence-electron chi connectivity index (χ2n) is 5.78. The van der Waals surface area contributed by atoms with Crippen molar-refractivity contribution in [3.8, 4) is 0 Å². The molecule has 0 saturated heterocycles. The zero-order chi connectivity index (χ0) is 19.5. The largest absolute Gasteiger partial charge is 0.416 e. The molecular formula is C18H15F6NO. The third kappa shape index (κ3) is 5.24. The topological polar surface area (TPSA) is 29.1 Å². The van der Waals surface area contributed by atoms with Crippen LogP contribution < -0.4 is 5.32 Å². The van der Waals surface area contributed by atoms with Crippen molar-refractivity contribution in [1.82, 2.24) is 5.32 Å². The molecule has 0 aliphatic rings. The first-order valence-electron chi connectivity index (χ1n) is 7.59. The quantitative estimate of drug-likeness (QED) is 0.737. The number of alkyl halides is 6. The Morgan fingerprint density at radius 2 is 1.50 bits per heavy atom. The van der Waals surface area contributed by atoms with E-state index in [0.717, 1.165) is 24.3 Å². The molecule has 0 fully saturated rings. The molecule has 140 valence electrons. The molecule has 2 aromatic rings. The van der Waals surface area contributed by atoms with Crippen molar-refractivity contribution in [3.05, 3.63) is 70.8 Å². The van der Waals surface area contributed by atoms with Crippen LogP contribution in [0.15, 0.2) is 48.5 Å². The second-order valence-corrected chi connectivity index (χ2v) is 5.78. The predicted octanol–water partition coefficient (Wildman–Crippen LogP) is 5.14. The van der Waals surface area contributed by atoms with E-state index >= 15 is 0 Å². The normalized spacial score (nSPS) is 13.3. The fourth-order valence-corrected chi connectivity index (χ4v) is 2.38. The Kier molecular flexibility index (Phi) is 5.63. The summed E-state index contributed by atoms with van der Waals surface area (Å²) in [6, 6.07) is 8.14. The molecule has 26 heavy (non-hydrogen) atoms. The first-order chi connectivity index (χ1) is 12.0. The third-order valence-corrected chi connectivity index (χ3v) is 3.73. The first-order valence-corrected chi connectivity index (χ1v) is 7.59. The Labute approximate surface area is 145 Å². The molecule has 1 amide bonds. The number of carbonyl (C=O) groups is 1. The van der Waals surface area contributed by atoms with E-state index in [-0.39, 0.29) is 12.0 Å².